The summed E-state index contributed by atoms with van der Waals surface area (Å²) in [4.78, 5) is 26.5. The topological polar surface area (TPSA) is 79.9 Å². The molecule has 0 saturated carbocycles. The van der Waals surface area contributed by atoms with Crippen molar-refractivity contribution in [3.8, 4) is 11.5 Å². The number of piperidine rings is 1. The van der Waals surface area contributed by atoms with Crippen LogP contribution in [0.2, 0.25) is 0 Å². The minimum atomic E-state index is -0.203. The van der Waals surface area contributed by atoms with E-state index in [2.05, 4.69) is 10.6 Å². The average Bonchev–Trinajstić information content (AvgIpc) is 3.21. The van der Waals surface area contributed by atoms with Gasteiger partial charge in [0.05, 0.1) is 0 Å². The highest BCUT2D eigenvalue weighted by Crippen LogP contribution is 2.32. The summed E-state index contributed by atoms with van der Waals surface area (Å²) in [6.45, 7) is 1.92. The smallest absolute Gasteiger partial charge is 0.315 e. The van der Waals surface area contributed by atoms with Gasteiger partial charge in [-0.05, 0) is 42.7 Å². The van der Waals surface area contributed by atoms with Crippen LogP contribution in [0.5, 0.6) is 11.5 Å². The molecule has 28 heavy (non-hydrogen) atoms. The standard InChI is InChI=1S/C21H23N3O4/c25-20(16-4-2-1-3-5-16)24-10-8-17(9-11-24)23-21(26)22-13-15-6-7-18-19(12-15)28-14-27-18/h1-7,12,17H,8-11,13-14H2,(H2,22,23,26). The van der Waals surface area contributed by atoms with Crippen LogP contribution in [0.3, 0.4) is 0 Å². The Balaban J connectivity index is 1.21. The highest BCUT2D eigenvalue weighted by atomic mass is 16.7. The molecule has 1 fully saturated rings. The Bertz CT molecular complexity index is 848. The predicted octanol–water partition coefficient (Wildman–Crippen LogP) is 2.52. The molecule has 0 aliphatic carbocycles. The Morgan fingerprint density at radius 1 is 1.00 bits per heavy atom. The lowest BCUT2D eigenvalue weighted by molar-refractivity contribution is 0.0708. The Morgan fingerprint density at radius 2 is 1.75 bits per heavy atom. The molecule has 2 aliphatic rings. The van der Waals surface area contributed by atoms with Crippen LogP contribution >= 0.6 is 0 Å². The number of urea groups is 1. The zero-order valence-corrected chi connectivity index (χ0v) is 15.5. The quantitative estimate of drug-likeness (QED) is 0.853. The molecule has 2 aromatic carbocycles. The number of fused-ring (bicyclic) bond motifs is 1. The van der Waals surface area contributed by atoms with Gasteiger partial charge in [-0.3, -0.25) is 4.79 Å². The van der Waals surface area contributed by atoms with Crippen LogP contribution in [0.4, 0.5) is 4.79 Å². The third kappa shape index (κ3) is 4.19. The largest absolute Gasteiger partial charge is 0.454 e. The van der Waals surface area contributed by atoms with Crippen LogP contribution in [0.1, 0.15) is 28.8 Å². The lowest BCUT2D eigenvalue weighted by atomic mass is 10.0. The van der Waals surface area contributed by atoms with Crippen molar-refractivity contribution in [3.05, 3.63) is 59.7 Å². The molecule has 0 atom stereocenters. The van der Waals surface area contributed by atoms with E-state index < -0.39 is 0 Å². The molecular formula is C21H23N3O4. The van der Waals surface area contributed by atoms with Crippen molar-refractivity contribution in [1.82, 2.24) is 15.5 Å². The van der Waals surface area contributed by atoms with E-state index in [1.807, 2.05) is 53.4 Å². The van der Waals surface area contributed by atoms with Gasteiger partial charge in [-0.25, -0.2) is 4.79 Å². The van der Waals surface area contributed by atoms with E-state index in [-0.39, 0.29) is 24.8 Å². The first kappa shape index (κ1) is 18.2. The third-order valence-corrected chi connectivity index (χ3v) is 5.03. The first-order valence-corrected chi connectivity index (χ1v) is 9.46. The molecule has 2 aliphatic heterocycles. The summed E-state index contributed by atoms with van der Waals surface area (Å²) in [5, 5.41) is 5.87. The van der Waals surface area contributed by atoms with Gasteiger partial charge in [0.25, 0.3) is 5.91 Å². The maximum Gasteiger partial charge on any atom is 0.315 e. The lowest BCUT2D eigenvalue weighted by Crippen LogP contribution is -2.49. The first-order valence-electron chi connectivity index (χ1n) is 9.46. The summed E-state index contributed by atoms with van der Waals surface area (Å²) in [5.41, 5.74) is 1.65. The number of benzene rings is 2. The SMILES string of the molecule is O=C(NCc1ccc2c(c1)OCO2)NC1CCN(C(=O)c2ccccc2)CC1. The van der Waals surface area contributed by atoms with Gasteiger partial charge in [0, 0.05) is 31.2 Å². The van der Waals surface area contributed by atoms with E-state index in [1.165, 1.54) is 0 Å². The molecule has 0 aromatic heterocycles. The predicted molar refractivity (Wildman–Crippen MR) is 103 cm³/mol. The highest BCUT2D eigenvalue weighted by molar-refractivity contribution is 5.94. The van der Waals surface area contributed by atoms with Gasteiger partial charge in [0.2, 0.25) is 6.79 Å². The molecular weight excluding hydrogens is 358 g/mol. The molecule has 2 aromatic rings. The lowest BCUT2D eigenvalue weighted by Gasteiger charge is -2.32. The zero-order chi connectivity index (χ0) is 19.3. The van der Waals surface area contributed by atoms with Crippen molar-refractivity contribution in [2.75, 3.05) is 19.9 Å². The number of amides is 3. The number of likely N-dealkylation sites (tertiary alicyclic amines) is 1. The molecule has 3 amide bonds. The number of ether oxygens (including phenoxy) is 2. The van der Waals surface area contributed by atoms with Gasteiger partial charge in [0.15, 0.2) is 11.5 Å². The van der Waals surface area contributed by atoms with E-state index in [4.69, 9.17) is 9.47 Å². The van der Waals surface area contributed by atoms with E-state index >= 15 is 0 Å². The van der Waals surface area contributed by atoms with Crippen molar-refractivity contribution < 1.29 is 19.1 Å². The van der Waals surface area contributed by atoms with Crippen molar-refractivity contribution in [3.63, 3.8) is 0 Å². The fourth-order valence-corrected chi connectivity index (χ4v) is 3.46. The molecule has 7 heteroatoms. The van der Waals surface area contributed by atoms with Crippen LogP contribution < -0.4 is 20.1 Å². The second-order valence-electron chi connectivity index (χ2n) is 6.95. The Hall–Kier alpha value is -3.22. The second-order valence-corrected chi connectivity index (χ2v) is 6.95. The van der Waals surface area contributed by atoms with Gasteiger partial charge in [0.1, 0.15) is 0 Å². The van der Waals surface area contributed by atoms with Crippen LogP contribution in [-0.4, -0.2) is 42.8 Å². The summed E-state index contributed by atoms with van der Waals surface area (Å²) in [6, 6.07) is 14.8. The monoisotopic (exact) mass is 381 g/mol. The third-order valence-electron chi connectivity index (χ3n) is 5.03. The van der Waals surface area contributed by atoms with Crippen molar-refractivity contribution >= 4 is 11.9 Å². The van der Waals surface area contributed by atoms with Crippen molar-refractivity contribution in [2.45, 2.75) is 25.4 Å². The molecule has 1 saturated heterocycles. The first-order chi connectivity index (χ1) is 13.7. The van der Waals surface area contributed by atoms with E-state index in [1.54, 1.807) is 0 Å². The van der Waals surface area contributed by atoms with E-state index in [0.717, 1.165) is 24.2 Å². The van der Waals surface area contributed by atoms with Crippen molar-refractivity contribution in [2.24, 2.45) is 0 Å². The van der Waals surface area contributed by atoms with Crippen molar-refractivity contribution in [1.29, 1.82) is 0 Å². The second kappa shape index (κ2) is 8.21. The van der Waals surface area contributed by atoms with E-state index in [0.29, 0.717) is 30.9 Å². The van der Waals surface area contributed by atoms with Crippen LogP contribution in [0.15, 0.2) is 48.5 Å². The number of carbonyl (C=O) groups is 2. The molecule has 7 nitrogen and oxygen atoms in total. The van der Waals surface area contributed by atoms with Crippen LogP contribution in [0, 0.1) is 0 Å². The summed E-state index contributed by atoms with van der Waals surface area (Å²) in [6.07, 6.45) is 1.49. The summed E-state index contributed by atoms with van der Waals surface area (Å²) in [5.74, 6) is 1.48. The van der Waals surface area contributed by atoms with Gasteiger partial charge >= 0.3 is 6.03 Å². The summed E-state index contributed by atoms with van der Waals surface area (Å²) in [7, 11) is 0. The number of nitrogens with zero attached hydrogens (tertiary/aromatic N) is 1. The molecule has 0 unspecified atom stereocenters. The zero-order valence-electron chi connectivity index (χ0n) is 15.5. The molecule has 0 radical (unpaired) electrons. The van der Waals surface area contributed by atoms with Gasteiger partial charge < -0.3 is 25.0 Å². The number of rotatable bonds is 4. The summed E-state index contributed by atoms with van der Waals surface area (Å²) >= 11 is 0. The Labute approximate surface area is 163 Å². The fourth-order valence-electron chi connectivity index (χ4n) is 3.46. The summed E-state index contributed by atoms with van der Waals surface area (Å²) < 4.78 is 10.6. The van der Waals surface area contributed by atoms with Gasteiger partial charge in [-0.15, -0.1) is 0 Å². The van der Waals surface area contributed by atoms with Crippen LogP contribution in [0.25, 0.3) is 0 Å². The molecule has 0 spiro atoms. The van der Waals surface area contributed by atoms with Crippen LogP contribution in [-0.2, 0) is 6.54 Å². The number of hydrogen-bond acceptors (Lipinski definition) is 4. The average molecular weight is 381 g/mol. The highest BCUT2D eigenvalue weighted by Gasteiger charge is 2.24. The van der Waals surface area contributed by atoms with Gasteiger partial charge in [-0.1, -0.05) is 24.3 Å². The molecule has 2 N–H and O–H groups in total. The molecule has 4 rings (SSSR count). The molecule has 0 bridgehead atoms. The number of nitrogens with one attached hydrogen (secondary N) is 2. The minimum absolute atomic E-state index is 0.0475. The normalized spacial score (nSPS) is 15.9. The molecule has 146 valence electrons. The fraction of sp³-hybridized carbons (Fsp3) is 0.333. The maximum atomic E-state index is 12.5. The Morgan fingerprint density at radius 3 is 2.54 bits per heavy atom. The minimum Gasteiger partial charge on any atom is -0.454 e. The maximum absolute atomic E-state index is 12.5. The molecule has 2 heterocycles. The number of carbonyl (C=O) groups excluding carboxylic acids is 2. The number of hydrogen-bond donors (Lipinski definition) is 2. The Kier molecular flexibility index (Phi) is 5.32. The van der Waals surface area contributed by atoms with E-state index in [9.17, 15) is 9.59 Å². The van der Waals surface area contributed by atoms with Gasteiger partial charge in [-0.2, -0.15) is 0 Å².